The van der Waals surface area contributed by atoms with Crippen molar-refractivity contribution >= 4 is 11.7 Å². The number of rotatable bonds is 4. The van der Waals surface area contributed by atoms with Gasteiger partial charge in [-0.1, -0.05) is 13.8 Å². The minimum atomic E-state index is -0.00933. The highest BCUT2D eigenvalue weighted by Gasteiger charge is 2.42. The topological polar surface area (TPSA) is 53.4 Å². The Morgan fingerprint density at radius 3 is 2.89 bits per heavy atom. The number of carbonyl (C=O) groups excluding carboxylic acids is 1. The van der Waals surface area contributed by atoms with Gasteiger partial charge >= 0.3 is 0 Å². The van der Waals surface area contributed by atoms with E-state index in [2.05, 4.69) is 29.0 Å². The lowest BCUT2D eigenvalue weighted by Gasteiger charge is -2.39. The van der Waals surface area contributed by atoms with Gasteiger partial charge in [-0.2, -0.15) is 0 Å². The fourth-order valence-electron chi connectivity index (χ4n) is 2.97. The molecular formula is C13H21N5O. The molecule has 0 aliphatic carbocycles. The van der Waals surface area contributed by atoms with Gasteiger partial charge in [0.2, 0.25) is 0 Å². The molecule has 1 aromatic heterocycles. The lowest BCUT2D eigenvalue weighted by Crippen LogP contribution is -2.57. The number of carbonyl (C=O) groups is 1. The van der Waals surface area contributed by atoms with E-state index in [1.165, 1.54) is 0 Å². The SMILES string of the molecule is CCCN1c2ncn(CCC)c2C(=O)N2CCNC21. The molecule has 0 bridgehead atoms. The summed E-state index contributed by atoms with van der Waals surface area (Å²) in [6, 6.07) is 0. The third-order valence-electron chi connectivity index (χ3n) is 3.75. The van der Waals surface area contributed by atoms with Crippen LogP contribution in [-0.2, 0) is 6.54 Å². The molecule has 1 fully saturated rings. The van der Waals surface area contributed by atoms with Gasteiger partial charge < -0.3 is 14.4 Å². The van der Waals surface area contributed by atoms with Crippen LogP contribution >= 0.6 is 0 Å². The Morgan fingerprint density at radius 1 is 1.37 bits per heavy atom. The minimum absolute atomic E-state index is 0.00933. The van der Waals surface area contributed by atoms with Gasteiger partial charge in [-0.15, -0.1) is 0 Å². The molecule has 3 heterocycles. The molecule has 2 aliphatic rings. The zero-order valence-corrected chi connectivity index (χ0v) is 11.6. The Labute approximate surface area is 113 Å². The van der Waals surface area contributed by atoms with Crippen LogP contribution in [0.2, 0.25) is 0 Å². The number of nitrogens with one attached hydrogen (secondary N) is 1. The van der Waals surface area contributed by atoms with Gasteiger partial charge in [-0.3, -0.25) is 10.1 Å². The fraction of sp³-hybridized carbons (Fsp3) is 0.692. The molecule has 0 radical (unpaired) electrons. The molecule has 0 spiro atoms. The number of amides is 1. The van der Waals surface area contributed by atoms with E-state index in [1.807, 2.05) is 9.47 Å². The maximum Gasteiger partial charge on any atom is 0.277 e. The molecule has 6 nitrogen and oxygen atoms in total. The zero-order valence-electron chi connectivity index (χ0n) is 11.6. The van der Waals surface area contributed by atoms with Gasteiger partial charge in [0, 0.05) is 26.2 Å². The number of imidazole rings is 1. The molecule has 0 saturated carbocycles. The quantitative estimate of drug-likeness (QED) is 0.875. The van der Waals surface area contributed by atoms with Crippen molar-refractivity contribution in [3.05, 3.63) is 12.0 Å². The van der Waals surface area contributed by atoms with Gasteiger partial charge in [0.25, 0.3) is 5.91 Å². The fourth-order valence-corrected chi connectivity index (χ4v) is 2.97. The average Bonchev–Trinajstić information content (AvgIpc) is 3.02. The molecule has 1 N–H and O–H groups in total. The zero-order chi connectivity index (χ0) is 13.4. The van der Waals surface area contributed by atoms with Crippen LogP contribution in [0.25, 0.3) is 0 Å². The third-order valence-corrected chi connectivity index (χ3v) is 3.75. The van der Waals surface area contributed by atoms with Crippen molar-refractivity contribution in [1.29, 1.82) is 0 Å². The lowest BCUT2D eigenvalue weighted by atomic mass is 10.2. The standard InChI is InChI=1S/C13H21N5O/c1-3-6-16-9-15-11-10(16)12(19)18-8-5-14-13(18)17(11)7-4-2/h9,13-14H,3-8H2,1-2H3. The molecular weight excluding hydrogens is 242 g/mol. The molecule has 1 amide bonds. The van der Waals surface area contributed by atoms with Crippen LogP contribution in [-0.4, -0.2) is 46.3 Å². The van der Waals surface area contributed by atoms with E-state index in [-0.39, 0.29) is 12.2 Å². The van der Waals surface area contributed by atoms with E-state index in [0.29, 0.717) is 0 Å². The molecule has 2 aliphatic heterocycles. The Morgan fingerprint density at radius 2 is 2.16 bits per heavy atom. The first kappa shape index (κ1) is 12.5. The maximum absolute atomic E-state index is 12.6. The number of nitrogens with zero attached hydrogens (tertiary/aromatic N) is 4. The second-order valence-electron chi connectivity index (χ2n) is 5.13. The number of anilines is 1. The number of hydrogen-bond donors (Lipinski definition) is 1. The number of aromatic nitrogens is 2. The highest BCUT2D eigenvalue weighted by atomic mass is 16.2. The largest absolute Gasteiger partial charge is 0.325 e. The summed E-state index contributed by atoms with van der Waals surface area (Å²) in [5.74, 6) is 0.958. The smallest absolute Gasteiger partial charge is 0.277 e. The van der Waals surface area contributed by atoms with E-state index < -0.39 is 0 Å². The Balaban J connectivity index is 2.04. The van der Waals surface area contributed by atoms with Crippen molar-refractivity contribution in [2.75, 3.05) is 24.5 Å². The average molecular weight is 263 g/mol. The summed E-state index contributed by atoms with van der Waals surface area (Å²) in [6.45, 7) is 7.66. The number of aryl methyl sites for hydroxylation is 1. The van der Waals surface area contributed by atoms with Crippen LogP contribution < -0.4 is 10.2 Å². The van der Waals surface area contributed by atoms with Gasteiger partial charge in [-0.05, 0) is 12.8 Å². The Kier molecular flexibility index (Phi) is 3.18. The number of fused-ring (bicyclic) bond motifs is 2. The van der Waals surface area contributed by atoms with Crippen molar-refractivity contribution in [2.45, 2.75) is 39.5 Å². The molecule has 1 saturated heterocycles. The first-order chi connectivity index (χ1) is 9.27. The molecule has 1 unspecified atom stereocenters. The van der Waals surface area contributed by atoms with Gasteiger partial charge in [0.05, 0.1) is 6.33 Å². The van der Waals surface area contributed by atoms with E-state index in [1.54, 1.807) is 6.33 Å². The van der Waals surface area contributed by atoms with Crippen LogP contribution in [0.1, 0.15) is 37.2 Å². The van der Waals surface area contributed by atoms with Crippen LogP contribution in [0, 0.1) is 0 Å². The Hall–Kier alpha value is -1.56. The monoisotopic (exact) mass is 263 g/mol. The Bertz CT molecular complexity index is 483. The molecule has 1 aromatic rings. The summed E-state index contributed by atoms with van der Waals surface area (Å²) < 4.78 is 1.99. The van der Waals surface area contributed by atoms with E-state index >= 15 is 0 Å². The number of hydrogen-bond acceptors (Lipinski definition) is 4. The van der Waals surface area contributed by atoms with Gasteiger partial charge in [0.15, 0.2) is 17.8 Å². The van der Waals surface area contributed by atoms with Crippen molar-refractivity contribution < 1.29 is 4.79 Å². The van der Waals surface area contributed by atoms with Crippen molar-refractivity contribution in [3.63, 3.8) is 0 Å². The predicted octanol–water partition coefficient (Wildman–Crippen LogP) is 0.852. The van der Waals surface area contributed by atoms with E-state index in [4.69, 9.17) is 0 Å². The lowest BCUT2D eigenvalue weighted by molar-refractivity contribution is 0.0692. The molecule has 3 rings (SSSR count). The molecule has 104 valence electrons. The highest BCUT2D eigenvalue weighted by Crippen LogP contribution is 2.30. The molecule has 1 atom stereocenters. The first-order valence-electron chi connectivity index (χ1n) is 7.14. The van der Waals surface area contributed by atoms with Gasteiger partial charge in [0.1, 0.15) is 0 Å². The van der Waals surface area contributed by atoms with Crippen molar-refractivity contribution in [3.8, 4) is 0 Å². The van der Waals surface area contributed by atoms with Crippen LogP contribution in [0.4, 0.5) is 5.82 Å². The van der Waals surface area contributed by atoms with E-state index in [9.17, 15) is 4.79 Å². The maximum atomic E-state index is 12.6. The summed E-state index contributed by atoms with van der Waals surface area (Å²) in [6.07, 6.45) is 3.84. The van der Waals surface area contributed by atoms with Crippen LogP contribution in [0.3, 0.4) is 0 Å². The van der Waals surface area contributed by atoms with E-state index in [0.717, 1.165) is 50.5 Å². The highest BCUT2D eigenvalue weighted by molar-refractivity contribution is 5.99. The van der Waals surface area contributed by atoms with Gasteiger partial charge in [-0.25, -0.2) is 4.98 Å². The van der Waals surface area contributed by atoms with Crippen molar-refractivity contribution in [1.82, 2.24) is 19.8 Å². The first-order valence-corrected chi connectivity index (χ1v) is 7.14. The second-order valence-corrected chi connectivity index (χ2v) is 5.13. The summed E-state index contributed by atoms with van der Waals surface area (Å²) in [4.78, 5) is 21.2. The summed E-state index contributed by atoms with van der Waals surface area (Å²) in [5, 5.41) is 3.39. The normalized spacial score (nSPS) is 21.8. The molecule has 6 heteroatoms. The minimum Gasteiger partial charge on any atom is -0.325 e. The third kappa shape index (κ3) is 1.82. The predicted molar refractivity (Wildman–Crippen MR) is 73.0 cm³/mol. The second kappa shape index (κ2) is 4.85. The summed E-state index contributed by atoms with van der Waals surface area (Å²) >= 11 is 0. The molecule has 0 aromatic carbocycles. The van der Waals surface area contributed by atoms with Crippen molar-refractivity contribution in [2.24, 2.45) is 0 Å². The summed E-state index contributed by atoms with van der Waals surface area (Å²) in [5.41, 5.74) is 0.759. The van der Waals surface area contributed by atoms with Crippen LogP contribution in [0.5, 0.6) is 0 Å². The molecule has 19 heavy (non-hydrogen) atoms. The van der Waals surface area contributed by atoms with Crippen LogP contribution in [0.15, 0.2) is 6.33 Å². The summed E-state index contributed by atoms with van der Waals surface area (Å²) in [7, 11) is 0.